The van der Waals surface area contributed by atoms with Gasteiger partial charge >= 0.3 is 0 Å². The number of rotatable bonds is 4. The first kappa shape index (κ1) is 9.55. The molecular weight excluding hydrogens is 170 g/mol. The van der Waals surface area contributed by atoms with E-state index in [4.69, 9.17) is 0 Å². The number of anilines is 1. The van der Waals surface area contributed by atoms with Gasteiger partial charge in [0.15, 0.2) is 0 Å². The maximum absolute atomic E-state index is 9.41. The number of nitrogens with one attached hydrogen (secondary N) is 1. The molecule has 0 fully saturated rings. The first-order valence-corrected chi connectivity index (χ1v) is 5.01. The molecule has 0 aromatic carbocycles. The number of thiophene rings is 1. The minimum Gasteiger partial charge on any atom is -0.390 e. The van der Waals surface area contributed by atoms with Crippen LogP contribution in [0.15, 0.2) is 16.8 Å². The van der Waals surface area contributed by atoms with Gasteiger partial charge < -0.3 is 10.4 Å². The molecule has 2 nitrogen and oxygen atoms in total. The van der Waals surface area contributed by atoms with Gasteiger partial charge in [0.05, 0.1) is 5.60 Å². The summed E-state index contributed by atoms with van der Waals surface area (Å²) >= 11 is 1.67. The minimum atomic E-state index is -0.566. The molecule has 1 aromatic heterocycles. The van der Waals surface area contributed by atoms with E-state index in [1.807, 2.05) is 25.3 Å². The van der Waals surface area contributed by atoms with Crippen molar-refractivity contribution in [3.63, 3.8) is 0 Å². The van der Waals surface area contributed by atoms with Gasteiger partial charge in [0, 0.05) is 17.6 Å². The molecule has 0 spiro atoms. The summed E-state index contributed by atoms with van der Waals surface area (Å²) in [5.41, 5.74) is 0.576. The van der Waals surface area contributed by atoms with E-state index >= 15 is 0 Å². The molecule has 1 heterocycles. The molecule has 0 bridgehead atoms. The quantitative estimate of drug-likeness (QED) is 0.754. The van der Waals surface area contributed by atoms with Gasteiger partial charge in [-0.05, 0) is 31.7 Å². The van der Waals surface area contributed by atoms with Gasteiger partial charge in [-0.25, -0.2) is 0 Å². The van der Waals surface area contributed by atoms with Crippen molar-refractivity contribution >= 4 is 17.0 Å². The van der Waals surface area contributed by atoms with Crippen molar-refractivity contribution in [3.8, 4) is 0 Å². The predicted molar refractivity (Wildman–Crippen MR) is 53.7 cm³/mol. The van der Waals surface area contributed by atoms with Gasteiger partial charge in [-0.2, -0.15) is 11.3 Å². The molecule has 0 saturated carbocycles. The van der Waals surface area contributed by atoms with Crippen LogP contribution in [0.25, 0.3) is 0 Å². The van der Waals surface area contributed by atoms with E-state index in [1.54, 1.807) is 11.3 Å². The van der Waals surface area contributed by atoms with Crippen molar-refractivity contribution in [1.29, 1.82) is 0 Å². The summed E-state index contributed by atoms with van der Waals surface area (Å²) in [5.74, 6) is 0. The Balaban J connectivity index is 2.20. The molecule has 1 rings (SSSR count). The lowest BCUT2D eigenvalue weighted by molar-refractivity contribution is 0.0749. The Morgan fingerprint density at radius 1 is 1.58 bits per heavy atom. The predicted octanol–water partition coefficient (Wildman–Crippen LogP) is 2.32. The third-order valence-corrected chi connectivity index (χ3v) is 2.27. The van der Waals surface area contributed by atoms with Crippen molar-refractivity contribution in [3.05, 3.63) is 16.8 Å². The highest BCUT2D eigenvalue weighted by Crippen LogP contribution is 2.13. The molecule has 0 unspecified atom stereocenters. The summed E-state index contributed by atoms with van der Waals surface area (Å²) in [7, 11) is 0. The van der Waals surface area contributed by atoms with Crippen LogP contribution in [0.2, 0.25) is 0 Å². The molecule has 0 radical (unpaired) electrons. The fourth-order valence-corrected chi connectivity index (χ4v) is 1.49. The first-order chi connectivity index (χ1) is 5.58. The number of hydrogen-bond donors (Lipinski definition) is 2. The summed E-state index contributed by atoms with van der Waals surface area (Å²) in [5, 5.41) is 16.7. The van der Waals surface area contributed by atoms with Crippen LogP contribution in [-0.4, -0.2) is 17.3 Å². The topological polar surface area (TPSA) is 32.3 Å². The lowest BCUT2D eigenvalue weighted by Gasteiger charge is -2.16. The average molecular weight is 185 g/mol. The SMILES string of the molecule is CC(C)(O)CCNc1ccsc1. The van der Waals surface area contributed by atoms with E-state index in [0.29, 0.717) is 0 Å². The molecule has 68 valence electrons. The molecule has 12 heavy (non-hydrogen) atoms. The van der Waals surface area contributed by atoms with E-state index in [2.05, 4.69) is 10.7 Å². The third kappa shape index (κ3) is 3.74. The number of aliphatic hydroxyl groups is 1. The average Bonchev–Trinajstić information content (AvgIpc) is 2.36. The van der Waals surface area contributed by atoms with Crippen LogP contribution in [-0.2, 0) is 0 Å². The monoisotopic (exact) mass is 185 g/mol. The Hall–Kier alpha value is -0.540. The fourth-order valence-electron chi connectivity index (χ4n) is 0.878. The second-order valence-corrected chi connectivity index (χ2v) is 4.28. The Labute approximate surface area is 77.2 Å². The molecule has 0 aliphatic rings. The zero-order chi connectivity index (χ0) is 9.03. The van der Waals surface area contributed by atoms with Crippen molar-refractivity contribution in [2.45, 2.75) is 25.9 Å². The highest BCUT2D eigenvalue weighted by atomic mass is 32.1. The summed E-state index contributed by atoms with van der Waals surface area (Å²) in [4.78, 5) is 0. The highest BCUT2D eigenvalue weighted by molar-refractivity contribution is 7.08. The molecular formula is C9H15NOS. The van der Waals surface area contributed by atoms with E-state index in [-0.39, 0.29) is 0 Å². The minimum absolute atomic E-state index is 0.566. The molecule has 0 aliphatic heterocycles. The normalized spacial score (nSPS) is 11.6. The van der Waals surface area contributed by atoms with Gasteiger partial charge in [-0.1, -0.05) is 0 Å². The van der Waals surface area contributed by atoms with Crippen LogP contribution in [0.5, 0.6) is 0 Å². The molecule has 1 aromatic rings. The molecule has 2 N–H and O–H groups in total. The Morgan fingerprint density at radius 3 is 2.83 bits per heavy atom. The Kier molecular flexibility index (Phi) is 3.12. The summed E-state index contributed by atoms with van der Waals surface area (Å²) < 4.78 is 0. The lowest BCUT2D eigenvalue weighted by atomic mass is 10.1. The standard InChI is InChI=1S/C9H15NOS/c1-9(2,11)4-5-10-8-3-6-12-7-8/h3,6-7,10-11H,4-5H2,1-2H3. The molecule has 3 heteroatoms. The van der Waals surface area contributed by atoms with Gasteiger partial charge in [-0.3, -0.25) is 0 Å². The largest absolute Gasteiger partial charge is 0.390 e. The summed E-state index contributed by atoms with van der Waals surface area (Å²) in [6, 6.07) is 2.04. The molecule has 0 saturated heterocycles. The van der Waals surface area contributed by atoms with Gasteiger partial charge in [0.2, 0.25) is 0 Å². The van der Waals surface area contributed by atoms with Crippen LogP contribution in [0.4, 0.5) is 5.69 Å². The van der Waals surface area contributed by atoms with E-state index in [1.165, 1.54) is 0 Å². The second kappa shape index (κ2) is 3.92. The highest BCUT2D eigenvalue weighted by Gasteiger charge is 2.10. The third-order valence-electron chi connectivity index (χ3n) is 1.59. The van der Waals surface area contributed by atoms with Crippen LogP contribution >= 0.6 is 11.3 Å². The van der Waals surface area contributed by atoms with Crippen molar-refractivity contribution < 1.29 is 5.11 Å². The van der Waals surface area contributed by atoms with E-state index in [0.717, 1.165) is 18.7 Å². The van der Waals surface area contributed by atoms with Crippen LogP contribution in [0.3, 0.4) is 0 Å². The molecule has 0 aliphatic carbocycles. The zero-order valence-corrected chi connectivity index (χ0v) is 8.32. The lowest BCUT2D eigenvalue weighted by Crippen LogP contribution is -2.22. The first-order valence-electron chi connectivity index (χ1n) is 4.06. The molecule has 0 atom stereocenters. The zero-order valence-electron chi connectivity index (χ0n) is 7.50. The van der Waals surface area contributed by atoms with Crippen LogP contribution in [0.1, 0.15) is 20.3 Å². The summed E-state index contributed by atoms with van der Waals surface area (Å²) in [6.45, 7) is 4.46. The van der Waals surface area contributed by atoms with Crippen LogP contribution in [0, 0.1) is 0 Å². The smallest absolute Gasteiger partial charge is 0.0608 e. The van der Waals surface area contributed by atoms with Crippen LogP contribution < -0.4 is 5.32 Å². The number of hydrogen-bond acceptors (Lipinski definition) is 3. The Morgan fingerprint density at radius 2 is 2.33 bits per heavy atom. The maximum atomic E-state index is 9.41. The summed E-state index contributed by atoms with van der Waals surface area (Å²) in [6.07, 6.45) is 0.767. The second-order valence-electron chi connectivity index (χ2n) is 3.50. The maximum Gasteiger partial charge on any atom is 0.0608 e. The van der Waals surface area contributed by atoms with Gasteiger partial charge in [0.25, 0.3) is 0 Å². The molecule has 0 amide bonds. The van der Waals surface area contributed by atoms with Crippen molar-refractivity contribution in [1.82, 2.24) is 0 Å². The van der Waals surface area contributed by atoms with Gasteiger partial charge in [-0.15, -0.1) is 0 Å². The van der Waals surface area contributed by atoms with Gasteiger partial charge in [0.1, 0.15) is 0 Å². The van der Waals surface area contributed by atoms with Crippen molar-refractivity contribution in [2.24, 2.45) is 0 Å². The van der Waals surface area contributed by atoms with Crippen molar-refractivity contribution in [2.75, 3.05) is 11.9 Å². The van der Waals surface area contributed by atoms with E-state index in [9.17, 15) is 5.11 Å². The Bertz CT molecular complexity index is 213. The van der Waals surface area contributed by atoms with E-state index < -0.39 is 5.60 Å². The fraction of sp³-hybridized carbons (Fsp3) is 0.556.